The number of rotatable bonds is 4. The van der Waals surface area contributed by atoms with Crippen molar-refractivity contribution in [2.45, 2.75) is 36.9 Å². The summed E-state index contributed by atoms with van der Waals surface area (Å²) in [6.45, 7) is 3.53. The topological polar surface area (TPSA) is 0 Å². The predicted molar refractivity (Wildman–Crippen MR) is 66.1 cm³/mol. The van der Waals surface area contributed by atoms with Crippen LogP contribution in [0.4, 0.5) is 13.2 Å². The molecule has 0 heterocycles. The first-order chi connectivity index (χ1) is 7.91. The van der Waals surface area contributed by atoms with Gasteiger partial charge in [-0.05, 0) is 23.2 Å². The lowest BCUT2D eigenvalue weighted by atomic mass is 9.60. The summed E-state index contributed by atoms with van der Waals surface area (Å²) in [5, 5.41) is -1.03. The second kappa shape index (κ2) is 5.38. The zero-order valence-corrected chi connectivity index (χ0v) is 10.9. The van der Waals surface area contributed by atoms with Crippen LogP contribution in [0.3, 0.4) is 0 Å². The van der Waals surface area contributed by atoms with E-state index in [0.717, 1.165) is 17.8 Å². The Labute approximate surface area is 105 Å². The quantitative estimate of drug-likeness (QED) is 0.446. The van der Waals surface area contributed by atoms with Gasteiger partial charge in [0, 0.05) is 0 Å². The van der Waals surface area contributed by atoms with Crippen LogP contribution in [0.15, 0.2) is 11.0 Å². The number of thioether (sulfide) groups is 1. The maximum Gasteiger partial charge on any atom is 0.175 e. The number of hydrogen-bond donors (Lipinski definition) is 0. The van der Waals surface area contributed by atoms with Crippen molar-refractivity contribution in [3.63, 3.8) is 0 Å². The van der Waals surface area contributed by atoms with Gasteiger partial charge in [-0.25, -0.2) is 13.2 Å². The van der Waals surface area contributed by atoms with Crippen LogP contribution in [0.25, 0.3) is 0 Å². The molecule has 17 heavy (non-hydrogen) atoms. The van der Waals surface area contributed by atoms with Gasteiger partial charge in [-0.3, -0.25) is 0 Å². The molecule has 1 rings (SSSR count). The molecular weight excluding hydrogens is 244 g/mol. The molecule has 0 bridgehead atoms. The number of hydrogen-bond acceptors (Lipinski definition) is 1. The molecule has 0 saturated heterocycles. The van der Waals surface area contributed by atoms with Gasteiger partial charge in [-0.15, -0.1) is 11.8 Å². The van der Waals surface area contributed by atoms with Crippen molar-refractivity contribution in [1.82, 2.24) is 0 Å². The Balaban J connectivity index is 3.47. The molecule has 0 aliphatic heterocycles. The molecule has 0 amide bonds. The molecular formula is C12H14BF3S. The average Bonchev–Trinajstić information content (AvgIpc) is 2.33. The van der Waals surface area contributed by atoms with E-state index in [-0.39, 0.29) is 10.5 Å². The minimum atomic E-state index is -1.15. The molecule has 0 atom stereocenters. The van der Waals surface area contributed by atoms with E-state index in [1.807, 2.05) is 0 Å². The van der Waals surface area contributed by atoms with Crippen molar-refractivity contribution in [3.8, 4) is 0 Å². The molecule has 1 aromatic rings. The van der Waals surface area contributed by atoms with Gasteiger partial charge < -0.3 is 0 Å². The molecule has 0 spiro atoms. The highest BCUT2D eigenvalue weighted by molar-refractivity contribution is 7.98. The van der Waals surface area contributed by atoms with E-state index in [9.17, 15) is 13.2 Å². The molecule has 92 valence electrons. The summed E-state index contributed by atoms with van der Waals surface area (Å²) in [6.07, 6.45) is 2.33. The van der Waals surface area contributed by atoms with E-state index in [1.54, 1.807) is 13.8 Å². The molecule has 0 unspecified atom stereocenters. The first-order valence-electron chi connectivity index (χ1n) is 5.42. The third-order valence-electron chi connectivity index (χ3n) is 3.12. The van der Waals surface area contributed by atoms with Crippen LogP contribution in [0, 0.1) is 17.5 Å². The number of benzene rings is 1. The zero-order valence-electron chi connectivity index (χ0n) is 10.1. The Morgan fingerprint density at radius 3 is 2.12 bits per heavy atom. The summed E-state index contributed by atoms with van der Waals surface area (Å²) >= 11 is 0.840. The second-order valence-electron chi connectivity index (χ2n) is 3.93. The lowest BCUT2D eigenvalue weighted by Crippen LogP contribution is -2.27. The highest BCUT2D eigenvalue weighted by Gasteiger charge is 2.29. The summed E-state index contributed by atoms with van der Waals surface area (Å²) in [5.74, 6) is -2.95. The van der Waals surface area contributed by atoms with Gasteiger partial charge in [-0.1, -0.05) is 26.7 Å². The normalized spacial score (nSPS) is 11.9. The molecule has 0 aromatic heterocycles. The maximum absolute atomic E-state index is 13.9. The van der Waals surface area contributed by atoms with Crippen molar-refractivity contribution in [1.29, 1.82) is 0 Å². The SMILES string of the molecule is [B]C(CC)(CC)c1cc(F)c(SC)c(F)c1F. The number of halogens is 3. The summed E-state index contributed by atoms with van der Waals surface area (Å²) < 4.78 is 41.1. The third kappa shape index (κ3) is 2.49. The third-order valence-corrected chi connectivity index (χ3v) is 3.90. The lowest BCUT2D eigenvalue weighted by Gasteiger charge is -2.29. The van der Waals surface area contributed by atoms with E-state index in [2.05, 4.69) is 0 Å². The van der Waals surface area contributed by atoms with Gasteiger partial charge >= 0.3 is 0 Å². The summed E-state index contributed by atoms with van der Waals surface area (Å²) in [5.41, 5.74) is -0.0877. The Morgan fingerprint density at radius 1 is 1.18 bits per heavy atom. The van der Waals surface area contributed by atoms with E-state index < -0.39 is 22.8 Å². The summed E-state index contributed by atoms with van der Waals surface area (Å²) in [7, 11) is 5.97. The molecule has 0 nitrogen and oxygen atoms in total. The highest BCUT2D eigenvalue weighted by Crippen LogP contribution is 2.35. The molecule has 0 aliphatic rings. The van der Waals surface area contributed by atoms with Gasteiger partial charge in [0.05, 0.1) is 12.7 Å². The van der Waals surface area contributed by atoms with Crippen LogP contribution in [-0.4, -0.2) is 14.1 Å². The van der Waals surface area contributed by atoms with E-state index in [4.69, 9.17) is 7.85 Å². The predicted octanol–water partition coefficient (Wildman–Crippen LogP) is 4.01. The minimum absolute atomic E-state index is 0.0877. The highest BCUT2D eigenvalue weighted by atomic mass is 32.2. The fraction of sp³-hybridized carbons (Fsp3) is 0.500. The first kappa shape index (κ1) is 14.5. The van der Waals surface area contributed by atoms with Crippen LogP contribution < -0.4 is 0 Å². The molecule has 1 aromatic carbocycles. The van der Waals surface area contributed by atoms with Gasteiger partial charge in [0.15, 0.2) is 11.6 Å². The van der Waals surface area contributed by atoms with Crippen molar-refractivity contribution < 1.29 is 13.2 Å². The summed E-state index contributed by atoms with van der Waals surface area (Å²) in [4.78, 5) is -0.305. The Hall–Kier alpha value is -0.575. The van der Waals surface area contributed by atoms with Crippen molar-refractivity contribution >= 4 is 19.6 Å². The van der Waals surface area contributed by atoms with Crippen LogP contribution in [0.1, 0.15) is 32.3 Å². The smallest absolute Gasteiger partial charge is 0.175 e. The van der Waals surface area contributed by atoms with Crippen molar-refractivity contribution in [2.24, 2.45) is 0 Å². The van der Waals surface area contributed by atoms with Gasteiger partial charge in [0.1, 0.15) is 5.82 Å². The average molecular weight is 258 g/mol. The Bertz CT molecular complexity index is 417. The minimum Gasteiger partial charge on any atom is -0.206 e. The standard InChI is InChI=1S/C12H14BF3S/c1-4-12(13,5-2)7-6-8(14)11(17-3)10(16)9(7)15/h6H,4-5H2,1-3H3. The molecule has 0 saturated carbocycles. The molecule has 0 aliphatic carbocycles. The first-order valence-corrected chi connectivity index (χ1v) is 6.64. The molecule has 0 N–H and O–H groups in total. The fourth-order valence-electron chi connectivity index (χ4n) is 1.76. The monoisotopic (exact) mass is 258 g/mol. The largest absolute Gasteiger partial charge is 0.206 e. The van der Waals surface area contributed by atoms with Gasteiger partial charge in [0.25, 0.3) is 0 Å². The second-order valence-corrected chi connectivity index (χ2v) is 4.75. The molecule has 0 fully saturated rings. The maximum atomic E-state index is 13.9. The Morgan fingerprint density at radius 2 is 1.71 bits per heavy atom. The zero-order chi connectivity index (χ0) is 13.2. The van der Waals surface area contributed by atoms with Crippen molar-refractivity contribution in [2.75, 3.05) is 6.26 Å². The molecule has 5 heteroatoms. The molecule has 2 radical (unpaired) electrons. The lowest BCUT2D eigenvalue weighted by molar-refractivity contribution is 0.433. The van der Waals surface area contributed by atoms with Crippen LogP contribution in [0.5, 0.6) is 0 Å². The van der Waals surface area contributed by atoms with Crippen LogP contribution >= 0.6 is 11.8 Å². The van der Waals surface area contributed by atoms with Gasteiger partial charge in [-0.2, -0.15) is 0 Å². The van der Waals surface area contributed by atoms with Crippen molar-refractivity contribution in [3.05, 3.63) is 29.1 Å². The summed E-state index contributed by atoms with van der Waals surface area (Å²) in [6, 6.07) is 1.01. The van der Waals surface area contributed by atoms with E-state index in [0.29, 0.717) is 12.8 Å². The van der Waals surface area contributed by atoms with E-state index >= 15 is 0 Å². The van der Waals surface area contributed by atoms with E-state index in [1.165, 1.54) is 6.26 Å². The van der Waals surface area contributed by atoms with Gasteiger partial charge in [0.2, 0.25) is 0 Å². The van der Waals surface area contributed by atoms with Crippen LogP contribution in [-0.2, 0) is 5.31 Å². The van der Waals surface area contributed by atoms with Crippen LogP contribution in [0.2, 0.25) is 0 Å². The Kier molecular flexibility index (Phi) is 4.58. The fourth-order valence-corrected chi connectivity index (χ4v) is 2.28.